The van der Waals surface area contributed by atoms with E-state index in [2.05, 4.69) is 45.3 Å². The van der Waals surface area contributed by atoms with Crippen LogP contribution in [0.4, 0.5) is 17.1 Å². The van der Waals surface area contributed by atoms with Gasteiger partial charge in [-0.2, -0.15) is 0 Å². The number of thiophene rings is 1. The molecule has 0 bridgehead atoms. The van der Waals surface area contributed by atoms with Gasteiger partial charge in [0.25, 0.3) is 0 Å². The number of benzene rings is 1. The van der Waals surface area contributed by atoms with Gasteiger partial charge in [-0.05, 0) is 41.1 Å². The van der Waals surface area contributed by atoms with E-state index in [9.17, 15) is 0 Å². The van der Waals surface area contributed by atoms with Crippen molar-refractivity contribution in [2.45, 2.75) is 0 Å². The number of nitrogens with one attached hydrogen (secondary N) is 2. The van der Waals surface area contributed by atoms with Gasteiger partial charge in [-0.15, -0.1) is 11.3 Å². The van der Waals surface area contributed by atoms with Gasteiger partial charge in [0.1, 0.15) is 0 Å². The molecular weight excluding hydrogens is 242 g/mol. The predicted molar refractivity (Wildman–Crippen MR) is 78.9 cm³/mol. The van der Waals surface area contributed by atoms with Crippen LogP contribution in [0.2, 0.25) is 0 Å². The summed E-state index contributed by atoms with van der Waals surface area (Å²) in [6.45, 7) is 0. The molecule has 0 saturated carbocycles. The molecule has 0 aliphatic carbocycles. The molecule has 0 fully saturated rings. The number of hydrogen-bond acceptors (Lipinski definition) is 4. The Morgan fingerprint density at radius 2 is 1.89 bits per heavy atom. The highest BCUT2D eigenvalue weighted by Crippen LogP contribution is 2.26. The summed E-state index contributed by atoms with van der Waals surface area (Å²) in [5, 5.41) is 9.82. The predicted octanol–water partition coefficient (Wildman–Crippen LogP) is 4.08. The van der Waals surface area contributed by atoms with Gasteiger partial charge in [0.05, 0.1) is 23.8 Å². The Balaban J connectivity index is 1.90. The van der Waals surface area contributed by atoms with Crippen LogP contribution in [-0.4, -0.2) is 12.0 Å². The highest BCUT2D eigenvalue weighted by atomic mass is 32.1. The summed E-state index contributed by atoms with van der Waals surface area (Å²) in [6.07, 6.45) is 3.62. The highest BCUT2D eigenvalue weighted by Gasteiger charge is 1.99. The second kappa shape index (κ2) is 4.66. The third kappa shape index (κ3) is 2.15. The van der Waals surface area contributed by atoms with Crippen LogP contribution in [-0.2, 0) is 0 Å². The summed E-state index contributed by atoms with van der Waals surface area (Å²) < 4.78 is 1.31. The van der Waals surface area contributed by atoms with Gasteiger partial charge in [-0.1, -0.05) is 0 Å². The first kappa shape index (κ1) is 11.0. The van der Waals surface area contributed by atoms with Crippen LogP contribution in [0.1, 0.15) is 0 Å². The third-order valence-corrected chi connectivity index (χ3v) is 3.67. The first-order chi connectivity index (χ1) is 8.85. The van der Waals surface area contributed by atoms with Crippen LogP contribution >= 0.6 is 11.3 Å². The molecular formula is C14H13N3S. The highest BCUT2D eigenvalue weighted by molar-refractivity contribution is 7.17. The molecule has 0 aliphatic rings. The summed E-state index contributed by atoms with van der Waals surface area (Å²) in [5.74, 6) is 0. The summed E-state index contributed by atoms with van der Waals surface area (Å²) in [4.78, 5) is 4.18. The molecule has 2 aromatic heterocycles. The lowest BCUT2D eigenvalue weighted by Gasteiger charge is -2.07. The maximum Gasteiger partial charge on any atom is 0.0591 e. The molecule has 0 radical (unpaired) electrons. The van der Waals surface area contributed by atoms with Gasteiger partial charge in [0.15, 0.2) is 0 Å². The van der Waals surface area contributed by atoms with Crippen molar-refractivity contribution in [2.75, 3.05) is 17.7 Å². The Kier molecular flexibility index (Phi) is 2.86. The zero-order valence-corrected chi connectivity index (χ0v) is 10.8. The molecule has 1 aromatic carbocycles. The second-order valence-electron chi connectivity index (χ2n) is 4.01. The molecule has 3 aromatic rings. The van der Waals surface area contributed by atoms with Crippen molar-refractivity contribution in [3.63, 3.8) is 0 Å². The normalized spacial score (nSPS) is 10.5. The van der Waals surface area contributed by atoms with Gasteiger partial charge in [-0.25, -0.2) is 0 Å². The van der Waals surface area contributed by atoms with E-state index in [0.29, 0.717) is 0 Å². The van der Waals surface area contributed by atoms with E-state index in [0.717, 1.165) is 17.1 Å². The van der Waals surface area contributed by atoms with E-state index in [4.69, 9.17) is 0 Å². The van der Waals surface area contributed by atoms with Gasteiger partial charge in [0.2, 0.25) is 0 Å². The van der Waals surface area contributed by atoms with E-state index in [1.807, 2.05) is 19.3 Å². The Hall–Kier alpha value is -2.07. The van der Waals surface area contributed by atoms with Crippen molar-refractivity contribution in [1.29, 1.82) is 0 Å². The fourth-order valence-electron chi connectivity index (χ4n) is 1.86. The molecule has 3 nitrogen and oxygen atoms in total. The molecule has 0 unspecified atom stereocenters. The molecule has 2 N–H and O–H groups in total. The molecule has 3 rings (SSSR count). The van der Waals surface area contributed by atoms with E-state index in [-0.39, 0.29) is 0 Å². The minimum Gasteiger partial charge on any atom is -0.387 e. The van der Waals surface area contributed by atoms with Crippen molar-refractivity contribution >= 4 is 38.5 Å². The topological polar surface area (TPSA) is 37.0 Å². The van der Waals surface area contributed by atoms with Crippen LogP contribution in [0.5, 0.6) is 0 Å². The zero-order valence-electron chi connectivity index (χ0n) is 9.97. The summed E-state index contributed by atoms with van der Waals surface area (Å²) in [5.41, 5.74) is 3.06. The van der Waals surface area contributed by atoms with E-state index in [1.165, 1.54) is 10.1 Å². The minimum atomic E-state index is 0.983. The van der Waals surface area contributed by atoms with Crippen molar-refractivity contribution in [2.24, 2.45) is 0 Å². The molecule has 0 saturated heterocycles. The molecule has 0 atom stereocenters. The van der Waals surface area contributed by atoms with Crippen LogP contribution in [0.25, 0.3) is 10.1 Å². The van der Waals surface area contributed by atoms with Crippen LogP contribution in [0.15, 0.2) is 48.1 Å². The van der Waals surface area contributed by atoms with Gasteiger partial charge < -0.3 is 10.6 Å². The van der Waals surface area contributed by atoms with Crippen molar-refractivity contribution < 1.29 is 0 Å². The van der Waals surface area contributed by atoms with Crippen molar-refractivity contribution in [1.82, 2.24) is 4.98 Å². The van der Waals surface area contributed by atoms with Gasteiger partial charge in [0, 0.05) is 17.4 Å². The van der Waals surface area contributed by atoms with Gasteiger partial charge >= 0.3 is 0 Å². The maximum atomic E-state index is 4.18. The Bertz CT molecular complexity index is 675. The average molecular weight is 255 g/mol. The van der Waals surface area contributed by atoms with Crippen molar-refractivity contribution in [3.05, 3.63) is 48.1 Å². The Morgan fingerprint density at radius 1 is 1.00 bits per heavy atom. The first-order valence-corrected chi connectivity index (χ1v) is 6.60. The lowest BCUT2D eigenvalue weighted by atomic mass is 10.2. The number of rotatable bonds is 3. The second-order valence-corrected chi connectivity index (χ2v) is 4.96. The lowest BCUT2D eigenvalue weighted by Crippen LogP contribution is -1.94. The quantitative estimate of drug-likeness (QED) is 0.740. The lowest BCUT2D eigenvalue weighted by molar-refractivity contribution is 1.31. The number of nitrogens with zero attached hydrogens (tertiary/aromatic N) is 1. The standard InChI is InChI=1S/C14H13N3S/c1-15-12-7-13(9-16-8-12)17-11-2-3-14-10(6-11)4-5-18-14/h2-9,15,17H,1H3. The average Bonchev–Trinajstić information content (AvgIpc) is 2.86. The van der Waals surface area contributed by atoms with Crippen LogP contribution < -0.4 is 10.6 Å². The number of hydrogen-bond donors (Lipinski definition) is 2. The number of fused-ring (bicyclic) bond motifs is 1. The smallest absolute Gasteiger partial charge is 0.0591 e. The third-order valence-electron chi connectivity index (χ3n) is 2.77. The SMILES string of the molecule is CNc1cncc(Nc2ccc3sccc3c2)c1. The molecule has 0 spiro atoms. The van der Waals surface area contributed by atoms with E-state index >= 15 is 0 Å². The monoisotopic (exact) mass is 255 g/mol. The minimum absolute atomic E-state index is 0.983. The molecule has 2 heterocycles. The molecule has 0 amide bonds. The summed E-state index contributed by atoms with van der Waals surface area (Å²) >= 11 is 1.76. The van der Waals surface area contributed by atoms with Crippen molar-refractivity contribution in [3.8, 4) is 0 Å². The Labute approximate surface area is 109 Å². The molecule has 18 heavy (non-hydrogen) atoms. The first-order valence-electron chi connectivity index (χ1n) is 5.72. The molecule has 4 heteroatoms. The molecule has 90 valence electrons. The zero-order chi connectivity index (χ0) is 12.4. The summed E-state index contributed by atoms with van der Waals surface area (Å²) in [7, 11) is 1.89. The fraction of sp³-hybridized carbons (Fsp3) is 0.0714. The van der Waals surface area contributed by atoms with Crippen LogP contribution in [0.3, 0.4) is 0 Å². The van der Waals surface area contributed by atoms with Crippen LogP contribution in [0, 0.1) is 0 Å². The number of pyridine rings is 1. The Morgan fingerprint density at radius 3 is 2.78 bits per heavy atom. The number of aromatic nitrogens is 1. The molecule has 0 aliphatic heterocycles. The van der Waals surface area contributed by atoms with Gasteiger partial charge in [-0.3, -0.25) is 4.98 Å². The summed E-state index contributed by atoms with van der Waals surface area (Å²) in [6, 6.07) is 10.5. The number of anilines is 3. The maximum absolute atomic E-state index is 4.18. The fourth-order valence-corrected chi connectivity index (χ4v) is 2.63. The van der Waals surface area contributed by atoms with E-state index in [1.54, 1.807) is 17.5 Å². The largest absolute Gasteiger partial charge is 0.387 e. The van der Waals surface area contributed by atoms with E-state index < -0.39 is 0 Å².